The average Bonchev–Trinajstić information content (AvgIpc) is 2.84. The summed E-state index contributed by atoms with van der Waals surface area (Å²) in [5.74, 6) is 0.894. The van der Waals surface area contributed by atoms with E-state index in [0.29, 0.717) is 12.1 Å². The molecule has 0 spiro atoms. The van der Waals surface area contributed by atoms with E-state index < -0.39 is 0 Å². The Hall–Kier alpha value is -2.30. The van der Waals surface area contributed by atoms with Crippen molar-refractivity contribution in [2.24, 2.45) is 0 Å². The van der Waals surface area contributed by atoms with Gasteiger partial charge in [0.2, 0.25) is 0 Å². The number of hydrogen-bond acceptors (Lipinski definition) is 4. The molecular formula is C13H14N2O3. The average molecular weight is 246 g/mol. The fourth-order valence-electron chi connectivity index (χ4n) is 1.79. The van der Waals surface area contributed by atoms with Crippen molar-refractivity contribution in [1.82, 2.24) is 0 Å². The molecule has 0 saturated carbocycles. The van der Waals surface area contributed by atoms with Gasteiger partial charge in [0, 0.05) is 30.3 Å². The first-order valence-corrected chi connectivity index (χ1v) is 5.69. The molecule has 1 aromatic heterocycles. The van der Waals surface area contributed by atoms with Gasteiger partial charge in [-0.25, -0.2) is 0 Å². The van der Waals surface area contributed by atoms with Crippen LogP contribution in [0.25, 0.3) is 0 Å². The minimum absolute atomic E-state index is 0.137. The molecule has 0 fully saturated rings. The van der Waals surface area contributed by atoms with Crippen LogP contribution in [-0.4, -0.2) is 11.5 Å². The highest BCUT2D eigenvalue weighted by Gasteiger charge is 2.12. The number of hydrogen-bond donors (Lipinski definition) is 1. The van der Waals surface area contributed by atoms with Crippen molar-refractivity contribution in [3.63, 3.8) is 0 Å². The lowest BCUT2D eigenvalue weighted by Gasteiger charge is -2.08. The van der Waals surface area contributed by atoms with Crippen LogP contribution in [0.4, 0.5) is 11.4 Å². The van der Waals surface area contributed by atoms with Crippen LogP contribution < -0.4 is 5.32 Å². The van der Waals surface area contributed by atoms with Gasteiger partial charge in [-0.3, -0.25) is 10.1 Å². The Balaban J connectivity index is 2.01. The summed E-state index contributed by atoms with van der Waals surface area (Å²) in [6, 6.07) is 8.77. The molecule has 0 aliphatic rings. The molecule has 94 valence electrons. The Morgan fingerprint density at radius 3 is 2.83 bits per heavy atom. The minimum Gasteiger partial charge on any atom is -0.469 e. The molecule has 0 unspecified atom stereocenters. The molecule has 1 heterocycles. The second-order valence-electron chi connectivity index (χ2n) is 3.96. The minimum atomic E-state index is -0.368. The third-order valence-electron chi connectivity index (χ3n) is 2.77. The largest absolute Gasteiger partial charge is 0.469 e. The number of nitrogens with one attached hydrogen (secondary N) is 1. The third kappa shape index (κ3) is 2.68. The molecule has 18 heavy (non-hydrogen) atoms. The van der Waals surface area contributed by atoms with Gasteiger partial charge >= 0.3 is 0 Å². The summed E-state index contributed by atoms with van der Waals surface area (Å²) in [5.41, 5.74) is 1.58. The second kappa shape index (κ2) is 5.35. The zero-order chi connectivity index (χ0) is 13.0. The van der Waals surface area contributed by atoms with Gasteiger partial charge in [-0.1, -0.05) is 6.07 Å². The van der Waals surface area contributed by atoms with E-state index in [1.807, 2.05) is 18.2 Å². The molecule has 2 aromatic rings. The molecule has 0 atom stereocenters. The van der Waals surface area contributed by atoms with Crippen molar-refractivity contribution in [3.05, 3.63) is 58.0 Å². The van der Waals surface area contributed by atoms with Gasteiger partial charge in [0.1, 0.15) is 5.76 Å². The summed E-state index contributed by atoms with van der Waals surface area (Å²) in [4.78, 5) is 10.4. The number of rotatable bonds is 5. The fourth-order valence-corrected chi connectivity index (χ4v) is 1.79. The maximum atomic E-state index is 10.8. The Labute approximate surface area is 105 Å². The van der Waals surface area contributed by atoms with E-state index in [1.54, 1.807) is 19.3 Å². The Bertz CT molecular complexity index is 535. The molecule has 0 bridgehead atoms. The maximum absolute atomic E-state index is 10.8. The van der Waals surface area contributed by atoms with E-state index in [4.69, 9.17) is 4.42 Å². The molecule has 1 N–H and O–H groups in total. The monoisotopic (exact) mass is 246 g/mol. The Kier molecular flexibility index (Phi) is 3.62. The standard InChI is InChI=1S/C13H14N2O3/c1-10-12(5-2-6-13(10)15(16)17)14-8-7-11-4-3-9-18-11/h2-6,9,14H,7-8H2,1H3. The van der Waals surface area contributed by atoms with Crippen LogP contribution >= 0.6 is 0 Å². The number of nitrogens with zero attached hydrogens (tertiary/aromatic N) is 1. The fraction of sp³-hybridized carbons (Fsp3) is 0.231. The molecule has 0 saturated heterocycles. The summed E-state index contributed by atoms with van der Waals surface area (Å²) >= 11 is 0. The predicted octanol–water partition coefficient (Wildman–Crippen LogP) is 3.15. The topological polar surface area (TPSA) is 68.3 Å². The van der Waals surface area contributed by atoms with Crippen LogP contribution in [0.15, 0.2) is 41.0 Å². The van der Waals surface area contributed by atoms with Crippen LogP contribution in [0.3, 0.4) is 0 Å². The zero-order valence-corrected chi connectivity index (χ0v) is 10.1. The molecule has 5 nitrogen and oxygen atoms in total. The van der Waals surface area contributed by atoms with E-state index in [9.17, 15) is 10.1 Å². The van der Waals surface area contributed by atoms with E-state index in [-0.39, 0.29) is 10.6 Å². The van der Waals surface area contributed by atoms with Crippen LogP contribution in [0.1, 0.15) is 11.3 Å². The van der Waals surface area contributed by atoms with Crippen LogP contribution in [0.5, 0.6) is 0 Å². The maximum Gasteiger partial charge on any atom is 0.274 e. The van der Waals surface area contributed by atoms with Gasteiger partial charge in [0.25, 0.3) is 5.69 Å². The van der Waals surface area contributed by atoms with Gasteiger partial charge in [-0.2, -0.15) is 0 Å². The highest BCUT2D eigenvalue weighted by Crippen LogP contribution is 2.24. The van der Waals surface area contributed by atoms with Crippen molar-refractivity contribution >= 4 is 11.4 Å². The normalized spacial score (nSPS) is 10.3. The van der Waals surface area contributed by atoms with Crippen LogP contribution in [0, 0.1) is 17.0 Å². The number of furan rings is 1. The number of nitro groups is 1. The van der Waals surface area contributed by atoms with Gasteiger partial charge in [0.15, 0.2) is 0 Å². The molecular weight excluding hydrogens is 232 g/mol. The first kappa shape index (κ1) is 12.2. The van der Waals surface area contributed by atoms with Crippen LogP contribution in [-0.2, 0) is 6.42 Å². The highest BCUT2D eigenvalue weighted by molar-refractivity contribution is 5.59. The first-order chi connectivity index (χ1) is 8.68. The summed E-state index contributed by atoms with van der Waals surface area (Å²) in [5, 5.41) is 14.0. The lowest BCUT2D eigenvalue weighted by Crippen LogP contribution is -2.06. The molecule has 0 amide bonds. The van der Waals surface area contributed by atoms with Gasteiger partial charge in [-0.15, -0.1) is 0 Å². The van der Waals surface area contributed by atoms with Crippen molar-refractivity contribution < 1.29 is 9.34 Å². The number of benzene rings is 1. The second-order valence-corrected chi connectivity index (χ2v) is 3.96. The van der Waals surface area contributed by atoms with Gasteiger partial charge < -0.3 is 9.73 Å². The number of nitro benzene ring substituents is 1. The zero-order valence-electron chi connectivity index (χ0n) is 10.1. The summed E-state index contributed by atoms with van der Waals surface area (Å²) < 4.78 is 5.22. The van der Waals surface area contributed by atoms with Crippen molar-refractivity contribution in [2.75, 3.05) is 11.9 Å². The quantitative estimate of drug-likeness (QED) is 0.650. The van der Waals surface area contributed by atoms with Crippen molar-refractivity contribution in [3.8, 4) is 0 Å². The highest BCUT2D eigenvalue weighted by atomic mass is 16.6. The van der Waals surface area contributed by atoms with Gasteiger partial charge in [-0.05, 0) is 25.1 Å². The number of anilines is 1. The summed E-state index contributed by atoms with van der Waals surface area (Å²) in [6.45, 7) is 2.42. The summed E-state index contributed by atoms with van der Waals surface area (Å²) in [6.07, 6.45) is 2.38. The van der Waals surface area contributed by atoms with Gasteiger partial charge in [0.05, 0.1) is 11.2 Å². The van der Waals surface area contributed by atoms with Crippen molar-refractivity contribution in [2.45, 2.75) is 13.3 Å². The molecule has 0 aliphatic heterocycles. The van der Waals surface area contributed by atoms with E-state index >= 15 is 0 Å². The third-order valence-corrected chi connectivity index (χ3v) is 2.77. The lowest BCUT2D eigenvalue weighted by molar-refractivity contribution is -0.385. The van der Waals surface area contributed by atoms with Crippen molar-refractivity contribution in [1.29, 1.82) is 0 Å². The van der Waals surface area contributed by atoms with E-state index in [2.05, 4.69) is 5.32 Å². The first-order valence-electron chi connectivity index (χ1n) is 5.69. The lowest BCUT2D eigenvalue weighted by atomic mass is 10.1. The SMILES string of the molecule is Cc1c(NCCc2ccco2)cccc1[N+](=O)[O-]. The van der Waals surface area contributed by atoms with E-state index in [1.165, 1.54) is 6.07 Å². The Morgan fingerprint density at radius 1 is 1.33 bits per heavy atom. The molecule has 0 aliphatic carbocycles. The van der Waals surface area contributed by atoms with E-state index in [0.717, 1.165) is 17.9 Å². The molecule has 2 rings (SSSR count). The molecule has 0 radical (unpaired) electrons. The predicted molar refractivity (Wildman–Crippen MR) is 68.7 cm³/mol. The molecule has 5 heteroatoms. The smallest absolute Gasteiger partial charge is 0.274 e. The summed E-state index contributed by atoms with van der Waals surface area (Å²) in [7, 11) is 0. The Morgan fingerprint density at radius 2 is 2.17 bits per heavy atom. The molecule has 1 aromatic carbocycles. The van der Waals surface area contributed by atoms with Crippen LogP contribution in [0.2, 0.25) is 0 Å².